The van der Waals surface area contributed by atoms with Crippen LogP contribution in [0.3, 0.4) is 0 Å². The molecular weight excluding hydrogens is 316 g/mol. The largest absolute Gasteiger partial charge is 0.336 e. The summed E-state index contributed by atoms with van der Waals surface area (Å²) < 4.78 is 0. The Morgan fingerprint density at radius 2 is 1.92 bits per heavy atom. The molecule has 2 bridgehead atoms. The monoisotopic (exact) mass is 336 g/mol. The zero-order valence-electron chi connectivity index (χ0n) is 13.9. The first-order valence-corrected chi connectivity index (χ1v) is 8.62. The Kier molecular flexibility index (Phi) is 4.17. The zero-order chi connectivity index (χ0) is 17.2. The van der Waals surface area contributed by atoms with Crippen LogP contribution >= 0.6 is 0 Å². The van der Waals surface area contributed by atoms with E-state index in [1.807, 2.05) is 28.0 Å². The van der Waals surface area contributed by atoms with E-state index in [4.69, 9.17) is 0 Å². The first-order chi connectivity index (χ1) is 12.2. The van der Waals surface area contributed by atoms with Crippen LogP contribution in [0.1, 0.15) is 28.9 Å². The van der Waals surface area contributed by atoms with Crippen molar-refractivity contribution in [3.8, 4) is 0 Å². The van der Waals surface area contributed by atoms with Gasteiger partial charge in [0.2, 0.25) is 5.91 Å². The fourth-order valence-electron chi connectivity index (χ4n) is 3.76. The highest BCUT2D eigenvalue weighted by Gasteiger charge is 2.42. The maximum atomic E-state index is 12.9. The van der Waals surface area contributed by atoms with Crippen LogP contribution < -0.4 is 0 Å². The van der Waals surface area contributed by atoms with E-state index in [1.54, 1.807) is 30.7 Å². The van der Waals surface area contributed by atoms with E-state index in [0.717, 1.165) is 18.5 Å². The lowest BCUT2D eigenvalue weighted by Crippen LogP contribution is -2.47. The number of nitrogens with zero attached hydrogens (tertiary/aromatic N) is 4. The van der Waals surface area contributed by atoms with Crippen molar-refractivity contribution in [2.24, 2.45) is 5.92 Å². The molecule has 0 unspecified atom stereocenters. The quantitative estimate of drug-likeness (QED) is 0.856. The molecule has 128 valence electrons. The Morgan fingerprint density at radius 1 is 1.08 bits per heavy atom. The maximum Gasteiger partial charge on any atom is 0.254 e. The second kappa shape index (κ2) is 6.63. The molecule has 0 saturated carbocycles. The number of hydrogen-bond donors (Lipinski definition) is 0. The molecule has 0 spiro atoms. The molecule has 2 aromatic rings. The Bertz CT molecular complexity index is 766. The average molecular weight is 336 g/mol. The first kappa shape index (κ1) is 15.7. The fourth-order valence-corrected chi connectivity index (χ4v) is 3.76. The van der Waals surface area contributed by atoms with Gasteiger partial charge < -0.3 is 9.80 Å². The van der Waals surface area contributed by atoms with Crippen LogP contribution in [0, 0.1) is 5.92 Å². The summed E-state index contributed by atoms with van der Waals surface area (Å²) in [5.74, 6) is 0.00645. The maximum absolute atomic E-state index is 12.9. The summed E-state index contributed by atoms with van der Waals surface area (Å²) in [5, 5.41) is 0. The molecule has 3 aliphatic rings. The van der Waals surface area contributed by atoms with Crippen LogP contribution in [0.5, 0.6) is 0 Å². The number of rotatable bonds is 3. The molecule has 2 atom stereocenters. The lowest BCUT2D eigenvalue weighted by molar-refractivity contribution is -0.140. The number of aromatic nitrogens is 2. The minimum absolute atomic E-state index is 0.0215. The van der Waals surface area contributed by atoms with Gasteiger partial charge in [-0.2, -0.15) is 0 Å². The number of piperidine rings is 1. The van der Waals surface area contributed by atoms with Crippen molar-refractivity contribution < 1.29 is 9.59 Å². The van der Waals surface area contributed by atoms with Gasteiger partial charge >= 0.3 is 0 Å². The summed E-state index contributed by atoms with van der Waals surface area (Å²) in [6, 6.07) is 9.24. The molecule has 25 heavy (non-hydrogen) atoms. The second-order valence-electron chi connectivity index (χ2n) is 6.66. The highest BCUT2D eigenvalue weighted by Crippen LogP contribution is 2.30. The molecule has 0 aliphatic carbocycles. The van der Waals surface area contributed by atoms with Gasteiger partial charge in [-0.1, -0.05) is 6.07 Å². The minimum Gasteiger partial charge on any atom is -0.336 e. The summed E-state index contributed by atoms with van der Waals surface area (Å²) in [6.07, 6.45) is 6.78. The molecule has 0 N–H and O–H groups in total. The number of carbonyl (C=O) groups is 2. The lowest BCUT2D eigenvalue weighted by Gasteiger charge is -2.35. The van der Waals surface area contributed by atoms with Crippen LogP contribution in [-0.4, -0.2) is 50.7 Å². The Labute approximate surface area is 146 Å². The number of fused-ring (bicyclic) bond motifs is 4. The van der Waals surface area contributed by atoms with Crippen molar-refractivity contribution in [2.45, 2.75) is 25.4 Å². The molecule has 5 rings (SSSR count). The SMILES string of the molecule is O=C(c1ccncc1)N1C[C@@H]2CC[C@H](C1)N(Cc1ccccn1)C2=O. The van der Waals surface area contributed by atoms with Gasteiger partial charge in [-0.25, -0.2) is 0 Å². The highest BCUT2D eigenvalue weighted by atomic mass is 16.2. The van der Waals surface area contributed by atoms with Gasteiger partial charge in [0.15, 0.2) is 0 Å². The third-order valence-electron chi connectivity index (χ3n) is 5.07. The van der Waals surface area contributed by atoms with Crippen molar-refractivity contribution in [3.63, 3.8) is 0 Å². The molecule has 0 radical (unpaired) electrons. The van der Waals surface area contributed by atoms with E-state index in [2.05, 4.69) is 9.97 Å². The van der Waals surface area contributed by atoms with Crippen molar-refractivity contribution >= 4 is 11.8 Å². The summed E-state index contributed by atoms with van der Waals surface area (Å²) in [7, 11) is 0. The Balaban J connectivity index is 1.55. The second-order valence-corrected chi connectivity index (χ2v) is 6.66. The Morgan fingerprint density at radius 3 is 2.68 bits per heavy atom. The van der Waals surface area contributed by atoms with Crippen LogP contribution in [0.4, 0.5) is 0 Å². The van der Waals surface area contributed by atoms with Gasteiger partial charge in [0.1, 0.15) is 0 Å². The number of amides is 2. The van der Waals surface area contributed by atoms with E-state index in [-0.39, 0.29) is 23.8 Å². The molecule has 2 amide bonds. The smallest absolute Gasteiger partial charge is 0.254 e. The fraction of sp³-hybridized carbons (Fsp3) is 0.368. The van der Waals surface area contributed by atoms with Gasteiger partial charge in [-0.05, 0) is 37.1 Å². The summed E-state index contributed by atoms with van der Waals surface area (Å²) in [6.45, 7) is 1.59. The van der Waals surface area contributed by atoms with Crippen molar-refractivity contribution in [1.29, 1.82) is 0 Å². The molecule has 2 aromatic heterocycles. The van der Waals surface area contributed by atoms with Crippen molar-refractivity contribution in [1.82, 2.24) is 19.8 Å². The average Bonchev–Trinajstić information content (AvgIpc) is 2.95. The summed E-state index contributed by atoms with van der Waals surface area (Å²) in [4.78, 5) is 37.7. The van der Waals surface area contributed by atoms with Gasteiger partial charge in [-0.3, -0.25) is 19.6 Å². The third-order valence-corrected chi connectivity index (χ3v) is 5.07. The van der Waals surface area contributed by atoms with Crippen LogP contribution in [0.15, 0.2) is 48.9 Å². The molecule has 6 nitrogen and oxygen atoms in total. The van der Waals surface area contributed by atoms with Crippen molar-refractivity contribution in [3.05, 3.63) is 60.2 Å². The van der Waals surface area contributed by atoms with Crippen LogP contribution in [0.25, 0.3) is 0 Å². The molecule has 6 heteroatoms. The van der Waals surface area contributed by atoms with E-state index < -0.39 is 0 Å². The zero-order valence-corrected chi connectivity index (χ0v) is 13.9. The predicted molar refractivity (Wildman–Crippen MR) is 91.4 cm³/mol. The molecular formula is C19H20N4O2. The minimum atomic E-state index is -0.117. The number of pyridine rings is 2. The van der Waals surface area contributed by atoms with E-state index >= 15 is 0 Å². The molecule has 0 aromatic carbocycles. The standard InChI is InChI=1S/C19H20N4O2/c24-18(14-6-9-20-10-7-14)22-11-15-4-5-17(13-22)23(19(15)25)12-16-3-1-2-8-21-16/h1-3,6-10,15,17H,4-5,11-13H2/t15-,17+/m0/s1. The van der Waals surface area contributed by atoms with Gasteiger partial charge in [0.05, 0.1) is 18.2 Å². The Hall–Kier alpha value is -2.76. The molecule has 5 heterocycles. The molecule has 3 fully saturated rings. The first-order valence-electron chi connectivity index (χ1n) is 8.62. The van der Waals surface area contributed by atoms with E-state index in [9.17, 15) is 9.59 Å². The van der Waals surface area contributed by atoms with Gasteiger partial charge in [0.25, 0.3) is 5.91 Å². The van der Waals surface area contributed by atoms with Crippen LogP contribution in [-0.2, 0) is 11.3 Å². The normalized spacial score (nSPS) is 22.8. The predicted octanol–water partition coefficient (Wildman–Crippen LogP) is 1.74. The van der Waals surface area contributed by atoms with Gasteiger partial charge in [0, 0.05) is 43.3 Å². The topological polar surface area (TPSA) is 66.4 Å². The third kappa shape index (κ3) is 3.12. The summed E-state index contributed by atoms with van der Waals surface area (Å²) in [5.41, 5.74) is 1.51. The molecule has 3 aliphatic heterocycles. The molecule has 3 saturated heterocycles. The summed E-state index contributed by atoms with van der Waals surface area (Å²) >= 11 is 0. The number of hydrogen-bond acceptors (Lipinski definition) is 4. The van der Waals surface area contributed by atoms with Crippen LogP contribution in [0.2, 0.25) is 0 Å². The van der Waals surface area contributed by atoms with E-state index in [0.29, 0.717) is 25.2 Å². The highest BCUT2D eigenvalue weighted by molar-refractivity contribution is 5.95. The van der Waals surface area contributed by atoms with Gasteiger partial charge in [-0.15, -0.1) is 0 Å². The van der Waals surface area contributed by atoms with E-state index in [1.165, 1.54) is 0 Å². The lowest BCUT2D eigenvalue weighted by atomic mass is 9.94. The number of carbonyl (C=O) groups excluding carboxylic acids is 2. The van der Waals surface area contributed by atoms with Crippen molar-refractivity contribution in [2.75, 3.05) is 13.1 Å².